The van der Waals surface area contributed by atoms with Gasteiger partial charge in [-0.15, -0.1) is 0 Å². The fourth-order valence-electron chi connectivity index (χ4n) is 3.06. The van der Waals surface area contributed by atoms with Crippen molar-refractivity contribution >= 4 is 21.9 Å². The van der Waals surface area contributed by atoms with E-state index < -0.39 is 0 Å². The van der Waals surface area contributed by atoms with Crippen LogP contribution in [0, 0.1) is 11.3 Å². The molecule has 3 heterocycles. The SMILES string of the molecule is CC(C)(C)c1ccc(-c2cnc3[nH]c4cnc(C#N)cc4c3c2)cc1. The lowest BCUT2D eigenvalue weighted by Crippen LogP contribution is -2.10. The smallest absolute Gasteiger partial charge is 0.141 e. The lowest BCUT2D eigenvalue weighted by molar-refractivity contribution is 0.590. The fraction of sp³-hybridized carbons (Fsp3) is 0.190. The maximum absolute atomic E-state index is 9.09. The van der Waals surface area contributed by atoms with Gasteiger partial charge < -0.3 is 4.98 Å². The zero-order chi connectivity index (χ0) is 17.6. The summed E-state index contributed by atoms with van der Waals surface area (Å²) < 4.78 is 0. The zero-order valence-electron chi connectivity index (χ0n) is 14.5. The van der Waals surface area contributed by atoms with Crippen LogP contribution in [-0.2, 0) is 5.41 Å². The van der Waals surface area contributed by atoms with Gasteiger partial charge in [-0.3, -0.25) is 0 Å². The number of fused-ring (bicyclic) bond motifs is 3. The van der Waals surface area contributed by atoms with Gasteiger partial charge in [0.1, 0.15) is 17.4 Å². The van der Waals surface area contributed by atoms with E-state index in [2.05, 4.69) is 72.1 Å². The van der Waals surface area contributed by atoms with E-state index in [1.54, 1.807) is 6.20 Å². The molecule has 1 N–H and O–H groups in total. The number of rotatable bonds is 1. The van der Waals surface area contributed by atoms with Crippen LogP contribution < -0.4 is 0 Å². The molecule has 1 aromatic carbocycles. The van der Waals surface area contributed by atoms with Crippen molar-refractivity contribution in [3.8, 4) is 17.2 Å². The molecule has 4 nitrogen and oxygen atoms in total. The van der Waals surface area contributed by atoms with Crippen molar-refractivity contribution in [2.75, 3.05) is 0 Å². The van der Waals surface area contributed by atoms with Gasteiger partial charge in [0.25, 0.3) is 0 Å². The largest absolute Gasteiger partial charge is 0.338 e. The lowest BCUT2D eigenvalue weighted by Gasteiger charge is -2.19. The Balaban J connectivity index is 1.85. The Morgan fingerprint density at radius 1 is 0.920 bits per heavy atom. The van der Waals surface area contributed by atoms with Crippen LogP contribution in [0.3, 0.4) is 0 Å². The molecule has 0 radical (unpaired) electrons. The van der Waals surface area contributed by atoms with Gasteiger partial charge in [-0.1, -0.05) is 45.0 Å². The summed E-state index contributed by atoms with van der Waals surface area (Å²) in [4.78, 5) is 11.9. The summed E-state index contributed by atoms with van der Waals surface area (Å²) >= 11 is 0. The first-order valence-corrected chi connectivity index (χ1v) is 8.24. The van der Waals surface area contributed by atoms with Crippen molar-refractivity contribution in [1.29, 1.82) is 5.26 Å². The van der Waals surface area contributed by atoms with E-state index in [-0.39, 0.29) is 5.41 Å². The third-order valence-electron chi connectivity index (χ3n) is 4.53. The summed E-state index contributed by atoms with van der Waals surface area (Å²) in [5.41, 5.74) is 5.74. The molecule has 0 saturated heterocycles. The van der Waals surface area contributed by atoms with Gasteiger partial charge in [-0.2, -0.15) is 5.26 Å². The molecule has 0 saturated carbocycles. The highest BCUT2D eigenvalue weighted by Gasteiger charge is 2.14. The Hall–Kier alpha value is -3.19. The van der Waals surface area contributed by atoms with Crippen molar-refractivity contribution in [2.45, 2.75) is 26.2 Å². The Bertz CT molecular complexity index is 1120. The number of aromatic nitrogens is 3. The van der Waals surface area contributed by atoms with Crippen LogP contribution in [0.4, 0.5) is 0 Å². The molecule has 0 fully saturated rings. The van der Waals surface area contributed by atoms with E-state index in [4.69, 9.17) is 5.26 Å². The summed E-state index contributed by atoms with van der Waals surface area (Å²) in [5.74, 6) is 0. The van der Waals surface area contributed by atoms with Crippen molar-refractivity contribution in [1.82, 2.24) is 15.0 Å². The third kappa shape index (κ3) is 2.64. The average molecular weight is 326 g/mol. The number of hydrogen-bond donors (Lipinski definition) is 1. The molecule has 0 atom stereocenters. The molecule has 0 spiro atoms. The van der Waals surface area contributed by atoms with Gasteiger partial charge in [0.15, 0.2) is 0 Å². The molecular formula is C21H18N4. The highest BCUT2D eigenvalue weighted by molar-refractivity contribution is 6.06. The van der Waals surface area contributed by atoms with Crippen LogP contribution >= 0.6 is 0 Å². The van der Waals surface area contributed by atoms with Crippen LogP contribution in [0.1, 0.15) is 32.0 Å². The summed E-state index contributed by atoms with van der Waals surface area (Å²) in [6, 6.07) is 14.6. The molecule has 0 aliphatic rings. The zero-order valence-corrected chi connectivity index (χ0v) is 14.5. The summed E-state index contributed by atoms with van der Waals surface area (Å²) in [6.07, 6.45) is 3.57. The molecule has 25 heavy (non-hydrogen) atoms. The number of pyridine rings is 2. The summed E-state index contributed by atoms with van der Waals surface area (Å²) in [6.45, 7) is 6.63. The topological polar surface area (TPSA) is 65.4 Å². The standard InChI is InChI=1S/C21H18N4/c1-21(2,3)15-6-4-13(5-7-15)14-8-18-17-9-16(10-22)23-12-19(17)25-20(18)24-11-14/h4-9,11-12H,1-3H3,(H,24,25). The molecule has 0 amide bonds. The second-order valence-corrected chi connectivity index (χ2v) is 7.30. The Morgan fingerprint density at radius 2 is 1.68 bits per heavy atom. The van der Waals surface area contributed by atoms with E-state index in [9.17, 15) is 0 Å². The minimum Gasteiger partial charge on any atom is -0.338 e. The van der Waals surface area contributed by atoms with Gasteiger partial charge in [0.05, 0.1) is 11.7 Å². The number of H-pyrrole nitrogens is 1. The molecule has 4 rings (SSSR count). The van der Waals surface area contributed by atoms with Gasteiger partial charge >= 0.3 is 0 Å². The van der Waals surface area contributed by atoms with Crippen LogP contribution in [0.5, 0.6) is 0 Å². The molecule has 122 valence electrons. The van der Waals surface area contributed by atoms with E-state index >= 15 is 0 Å². The minimum absolute atomic E-state index is 0.137. The first-order chi connectivity index (χ1) is 12.0. The van der Waals surface area contributed by atoms with Crippen molar-refractivity contribution in [2.24, 2.45) is 0 Å². The third-order valence-corrected chi connectivity index (χ3v) is 4.53. The first-order valence-electron chi connectivity index (χ1n) is 8.24. The molecule has 3 aromatic heterocycles. The minimum atomic E-state index is 0.137. The van der Waals surface area contributed by atoms with Crippen molar-refractivity contribution < 1.29 is 0 Å². The number of nitriles is 1. The second kappa shape index (κ2) is 5.42. The summed E-state index contributed by atoms with van der Waals surface area (Å²) in [5, 5.41) is 11.1. The van der Waals surface area contributed by atoms with Gasteiger partial charge in [0.2, 0.25) is 0 Å². The fourth-order valence-corrected chi connectivity index (χ4v) is 3.06. The lowest BCUT2D eigenvalue weighted by atomic mass is 9.86. The quantitative estimate of drug-likeness (QED) is 0.538. The first kappa shape index (κ1) is 15.3. The highest BCUT2D eigenvalue weighted by Crippen LogP contribution is 2.30. The average Bonchev–Trinajstić information content (AvgIpc) is 2.98. The molecule has 0 bridgehead atoms. The second-order valence-electron chi connectivity index (χ2n) is 7.30. The van der Waals surface area contributed by atoms with E-state index in [0.717, 1.165) is 33.1 Å². The van der Waals surface area contributed by atoms with Crippen LogP contribution in [0.2, 0.25) is 0 Å². The molecular weight excluding hydrogens is 308 g/mol. The van der Waals surface area contributed by atoms with Crippen molar-refractivity contribution in [3.05, 3.63) is 60.0 Å². The number of aromatic amines is 1. The van der Waals surface area contributed by atoms with E-state index in [1.165, 1.54) is 5.56 Å². The van der Waals surface area contributed by atoms with Crippen LogP contribution in [0.15, 0.2) is 48.8 Å². The molecule has 4 heteroatoms. The molecule has 4 aromatic rings. The van der Waals surface area contributed by atoms with Crippen LogP contribution in [0.25, 0.3) is 33.1 Å². The molecule has 0 aliphatic carbocycles. The van der Waals surface area contributed by atoms with E-state index in [1.807, 2.05) is 12.3 Å². The normalized spacial score (nSPS) is 11.8. The van der Waals surface area contributed by atoms with Gasteiger partial charge in [0, 0.05) is 22.5 Å². The van der Waals surface area contributed by atoms with Gasteiger partial charge in [-0.05, 0) is 28.7 Å². The maximum atomic E-state index is 9.09. The molecule has 0 unspecified atom stereocenters. The Labute approximate surface area is 146 Å². The number of hydrogen-bond acceptors (Lipinski definition) is 3. The van der Waals surface area contributed by atoms with Gasteiger partial charge in [-0.25, -0.2) is 9.97 Å². The number of nitrogens with one attached hydrogen (secondary N) is 1. The Kier molecular flexibility index (Phi) is 3.33. The monoisotopic (exact) mass is 326 g/mol. The number of nitrogens with zero attached hydrogens (tertiary/aromatic N) is 3. The van der Waals surface area contributed by atoms with Crippen LogP contribution in [-0.4, -0.2) is 15.0 Å². The summed E-state index contributed by atoms with van der Waals surface area (Å²) in [7, 11) is 0. The number of benzene rings is 1. The predicted molar refractivity (Wildman–Crippen MR) is 100 cm³/mol. The highest BCUT2D eigenvalue weighted by atomic mass is 14.9. The van der Waals surface area contributed by atoms with E-state index in [0.29, 0.717) is 5.69 Å². The Morgan fingerprint density at radius 3 is 2.36 bits per heavy atom. The predicted octanol–water partition coefficient (Wildman–Crippen LogP) is 4.95. The van der Waals surface area contributed by atoms with Crippen molar-refractivity contribution in [3.63, 3.8) is 0 Å². The maximum Gasteiger partial charge on any atom is 0.141 e. The molecule has 0 aliphatic heterocycles.